The number of carbonyl (C=O) groups excluding carboxylic acids is 2. The second-order valence-electron chi connectivity index (χ2n) is 7.52. The quantitative estimate of drug-likeness (QED) is 0.728. The molecule has 1 aromatic heterocycles. The van der Waals surface area contributed by atoms with E-state index in [2.05, 4.69) is 46.5 Å². The molecule has 1 aromatic rings. The van der Waals surface area contributed by atoms with Crippen molar-refractivity contribution >= 4 is 17.8 Å². The zero-order valence-electron chi connectivity index (χ0n) is 16.7. The summed E-state index contributed by atoms with van der Waals surface area (Å²) < 4.78 is 4.81. The van der Waals surface area contributed by atoms with Gasteiger partial charge in [-0.25, -0.2) is 9.78 Å². The number of pyridine rings is 1. The van der Waals surface area contributed by atoms with Crippen molar-refractivity contribution in [2.45, 2.75) is 39.5 Å². The van der Waals surface area contributed by atoms with Crippen LogP contribution in [0.4, 0.5) is 10.6 Å². The standard InChI is InChI=1S/C20H32N4O3/c1-15(2)12-17-4-5-18(23-13-17)24-10-7-16(8-11-24)6-9-22-20(26)27-14-19(25)21-3/h4-5,13,15-16H,6-12,14H2,1-3H3,(H,21,25)(H,22,26). The Labute approximate surface area is 161 Å². The zero-order chi connectivity index (χ0) is 19.6. The first kappa shape index (κ1) is 21.0. The first-order valence-electron chi connectivity index (χ1n) is 9.79. The van der Waals surface area contributed by atoms with Crippen LogP contribution in [0.2, 0.25) is 0 Å². The molecule has 1 fully saturated rings. The second kappa shape index (κ2) is 10.7. The average molecular weight is 377 g/mol. The Kier molecular flexibility index (Phi) is 8.36. The Morgan fingerprint density at radius 1 is 1.30 bits per heavy atom. The summed E-state index contributed by atoms with van der Waals surface area (Å²) in [5.41, 5.74) is 1.29. The number of piperidine rings is 1. The molecule has 0 aliphatic carbocycles. The van der Waals surface area contributed by atoms with E-state index in [0.29, 0.717) is 18.4 Å². The van der Waals surface area contributed by atoms with Gasteiger partial charge >= 0.3 is 6.09 Å². The van der Waals surface area contributed by atoms with Crippen molar-refractivity contribution in [1.82, 2.24) is 15.6 Å². The van der Waals surface area contributed by atoms with Crippen LogP contribution in [0, 0.1) is 11.8 Å². The van der Waals surface area contributed by atoms with E-state index in [1.54, 1.807) is 0 Å². The van der Waals surface area contributed by atoms with Crippen LogP contribution >= 0.6 is 0 Å². The summed E-state index contributed by atoms with van der Waals surface area (Å²) in [4.78, 5) is 29.5. The predicted octanol–water partition coefficient (Wildman–Crippen LogP) is 2.36. The van der Waals surface area contributed by atoms with Crippen molar-refractivity contribution in [1.29, 1.82) is 0 Å². The molecule has 2 heterocycles. The third kappa shape index (κ3) is 7.45. The van der Waals surface area contributed by atoms with E-state index in [1.807, 2.05) is 6.20 Å². The molecule has 0 unspecified atom stereocenters. The van der Waals surface area contributed by atoms with Crippen LogP contribution in [0.5, 0.6) is 0 Å². The fourth-order valence-electron chi connectivity index (χ4n) is 3.28. The average Bonchev–Trinajstić information content (AvgIpc) is 2.67. The number of nitrogens with one attached hydrogen (secondary N) is 2. The Morgan fingerprint density at radius 2 is 2.04 bits per heavy atom. The number of aromatic nitrogens is 1. The van der Waals surface area contributed by atoms with Crippen LogP contribution in [-0.4, -0.2) is 50.3 Å². The molecular weight excluding hydrogens is 344 g/mol. The number of hydrogen-bond donors (Lipinski definition) is 2. The molecule has 2 N–H and O–H groups in total. The Hall–Kier alpha value is -2.31. The minimum Gasteiger partial charge on any atom is -0.439 e. The number of nitrogens with zero attached hydrogens (tertiary/aromatic N) is 2. The van der Waals surface area contributed by atoms with Gasteiger partial charge in [-0.3, -0.25) is 4.79 Å². The molecule has 27 heavy (non-hydrogen) atoms. The van der Waals surface area contributed by atoms with Gasteiger partial charge < -0.3 is 20.3 Å². The topological polar surface area (TPSA) is 83.6 Å². The smallest absolute Gasteiger partial charge is 0.407 e. The highest BCUT2D eigenvalue weighted by Gasteiger charge is 2.20. The normalized spacial score (nSPS) is 14.9. The summed E-state index contributed by atoms with van der Waals surface area (Å²) in [5.74, 6) is 1.96. The third-order valence-corrected chi connectivity index (χ3v) is 4.83. The highest BCUT2D eigenvalue weighted by molar-refractivity contribution is 5.79. The lowest BCUT2D eigenvalue weighted by molar-refractivity contribution is -0.123. The Balaban J connectivity index is 1.65. The van der Waals surface area contributed by atoms with Gasteiger partial charge in [0.25, 0.3) is 5.91 Å². The van der Waals surface area contributed by atoms with Gasteiger partial charge in [0.1, 0.15) is 5.82 Å². The highest BCUT2D eigenvalue weighted by Crippen LogP contribution is 2.24. The van der Waals surface area contributed by atoms with E-state index in [4.69, 9.17) is 4.74 Å². The minimum absolute atomic E-state index is 0.246. The van der Waals surface area contributed by atoms with E-state index in [-0.39, 0.29) is 12.5 Å². The first-order valence-corrected chi connectivity index (χ1v) is 9.79. The van der Waals surface area contributed by atoms with Crippen molar-refractivity contribution in [3.8, 4) is 0 Å². The van der Waals surface area contributed by atoms with Gasteiger partial charge in [-0.05, 0) is 49.1 Å². The molecule has 0 atom stereocenters. The lowest BCUT2D eigenvalue weighted by Crippen LogP contribution is -2.36. The summed E-state index contributed by atoms with van der Waals surface area (Å²) in [7, 11) is 1.51. The highest BCUT2D eigenvalue weighted by atomic mass is 16.6. The van der Waals surface area contributed by atoms with Crippen molar-refractivity contribution < 1.29 is 14.3 Å². The number of anilines is 1. The van der Waals surface area contributed by atoms with Gasteiger partial charge in [0, 0.05) is 32.9 Å². The molecule has 0 radical (unpaired) electrons. The molecule has 2 amide bonds. The number of likely N-dealkylation sites (N-methyl/N-ethyl adjacent to an activating group) is 1. The number of hydrogen-bond acceptors (Lipinski definition) is 5. The molecule has 1 aliphatic heterocycles. The molecule has 0 bridgehead atoms. The van der Waals surface area contributed by atoms with Gasteiger partial charge in [-0.15, -0.1) is 0 Å². The molecule has 0 saturated carbocycles. The van der Waals surface area contributed by atoms with E-state index < -0.39 is 6.09 Å². The van der Waals surface area contributed by atoms with Crippen LogP contribution in [0.1, 0.15) is 38.7 Å². The van der Waals surface area contributed by atoms with E-state index in [1.165, 1.54) is 12.6 Å². The molecule has 1 saturated heterocycles. The van der Waals surface area contributed by atoms with Crippen LogP contribution in [-0.2, 0) is 16.0 Å². The molecule has 7 nitrogen and oxygen atoms in total. The number of carbonyl (C=O) groups is 2. The second-order valence-corrected chi connectivity index (χ2v) is 7.52. The molecule has 1 aliphatic rings. The number of ether oxygens (including phenoxy) is 1. The fourth-order valence-corrected chi connectivity index (χ4v) is 3.28. The third-order valence-electron chi connectivity index (χ3n) is 4.83. The van der Waals surface area contributed by atoms with Crippen molar-refractivity contribution in [2.75, 3.05) is 38.2 Å². The lowest BCUT2D eigenvalue weighted by atomic mass is 9.93. The predicted molar refractivity (Wildman–Crippen MR) is 106 cm³/mol. The number of rotatable bonds is 8. The molecule has 150 valence electrons. The van der Waals surface area contributed by atoms with Gasteiger partial charge in [0.05, 0.1) is 0 Å². The molecule has 0 spiro atoms. The van der Waals surface area contributed by atoms with Gasteiger partial charge in [-0.2, -0.15) is 0 Å². The monoisotopic (exact) mass is 376 g/mol. The lowest BCUT2D eigenvalue weighted by Gasteiger charge is -2.33. The zero-order valence-corrected chi connectivity index (χ0v) is 16.7. The van der Waals surface area contributed by atoms with Crippen LogP contribution in [0.25, 0.3) is 0 Å². The van der Waals surface area contributed by atoms with Crippen LogP contribution < -0.4 is 15.5 Å². The molecule has 7 heteroatoms. The summed E-state index contributed by atoms with van der Waals surface area (Å²) in [5, 5.41) is 5.11. The van der Waals surface area contributed by atoms with E-state index >= 15 is 0 Å². The number of alkyl carbamates (subject to hydrolysis) is 1. The largest absolute Gasteiger partial charge is 0.439 e. The molecule has 0 aromatic carbocycles. The molecule has 2 rings (SSSR count). The number of amides is 2. The van der Waals surface area contributed by atoms with Gasteiger partial charge in [0.2, 0.25) is 0 Å². The summed E-state index contributed by atoms with van der Waals surface area (Å²) in [6.45, 7) is 6.73. The van der Waals surface area contributed by atoms with Crippen molar-refractivity contribution in [2.24, 2.45) is 11.8 Å². The summed E-state index contributed by atoms with van der Waals surface area (Å²) in [6.07, 6.45) is 5.61. The van der Waals surface area contributed by atoms with E-state index in [0.717, 1.165) is 44.6 Å². The Bertz CT molecular complexity index is 596. The SMILES string of the molecule is CNC(=O)COC(=O)NCCC1CCN(c2ccc(CC(C)C)cn2)CC1. The van der Waals surface area contributed by atoms with E-state index in [9.17, 15) is 9.59 Å². The maximum atomic E-state index is 11.5. The summed E-state index contributed by atoms with van der Waals surface area (Å²) in [6, 6.07) is 4.31. The van der Waals surface area contributed by atoms with Crippen LogP contribution in [0.3, 0.4) is 0 Å². The van der Waals surface area contributed by atoms with Gasteiger partial charge in [0.15, 0.2) is 6.61 Å². The maximum Gasteiger partial charge on any atom is 0.407 e. The maximum absolute atomic E-state index is 11.5. The van der Waals surface area contributed by atoms with Crippen molar-refractivity contribution in [3.05, 3.63) is 23.9 Å². The van der Waals surface area contributed by atoms with Crippen LogP contribution in [0.15, 0.2) is 18.3 Å². The minimum atomic E-state index is -0.540. The summed E-state index contributed by atoms with van der Waals surface area (Å²) >= 11 is 0. The fraction of sp³-hybridized carbons (Fsp3) is 0.650. The first-order chi connectivity index (χ1) is 13.0. The van der Waals surface area contributed by atoms with Gasteiger partial charge in [-0.1, -0.05) is 19.9 Å². The Morgan fingerprint density at radius 3 is 2.63 bits per heavy atom. The van der Waals surface area contributed by atoms with Crippen molar-refractivity contribution in [3.63, 3.8) is 0 Å². The molecular formula is C20H32N4O3.